The first kappa shape index (κ1) is 23.1. The molecular weight excluding hydrogens is 421 g/mol. The van der Waals surface area contributed by atoms with Crippen molar-refractivity contribution in [1.29, 1.82) is 0 Å². The molecule has 1 aromatic carbocycles. The number of piperidine rings is 1. The Kier molecular flexibility index (Phi) is 6.90. The second-order valence-corrected chi connectivity index (χ2v) is 9.82. The Hall–Kier alpha value is -2.59. The Morgan fingerprint density at radius 1 is 1.16 bits per heavy atom. The number of aromatic nitrogens is 2. The van der Waals surface area contributed by atoms with E-state index in [2.05, 4.69) is 9.97 Å². The summed E-state index contributed by atoms with van der Waals surface area (Å²) in [6.45, 7) is 2.11. The Morgan fingerprint density at radius 2 is 1.84 bits per heavy atom. The van der Waals surface area contributed by atoms with Crippen LogP contribution in [0.1, 0.15) is 43.7 Å². The molecule has 8 nitrogen and oxygen atoms in total. The topological polar surface area (TPSA) is 86.7 Å². The van der Waals surface area contributed by atoms with E-state index in [4.69, 9.17) is 0 Å². The predicted octanol–water partition coefficient (Wildman–Crippen LogP) is 2.58. The lowest BCUT2D eigenvalue weighted by atomic mass is 10.0. The molecule has 1 fully saturated rings. The summed E-state index contributed by atoms with van der Waals surface area (Å²) in [7, 11) is 1.53. The highest BCUT2D eigenvalue weighted by atomic mass is 32.2. The molecule has 0 saturated carbocycles. The second kappa shape index (κ2) is 9.27. The zero-order valence-corrected chi connectivity index (χ0v) is 19.1. The highest BCUT2D eigenvalue weighted by Gasteiger charge is 2.36. The summed E-state index contributed by atoms with van der Waals surface area (Å²) >= 11 is 0. The summed E-state index contributed by atoms with van der Waals surface area (Å²) in [6, 6.07) is 6.10. The molecule has 0 spiro atoms. The van der Waals surface area contributed by atoms with Crippen molar-refractivity contribution in [3.8, 4) is 0 Å². The molecular formula is C21H28FN5O3S. The second-order valence-electron chi connectivity index (χ2n) is 7.93. The predicted molar refractivity (Wildman–Crippen MR) is 115 cm³/mol. The summed E-state index contributed by atoms with van der Waals surface area (Å²) in [5, 5.41) is 0. The number of anilines is 1. The zero-order valence-electron chi connectivity index (χ0n) is 18.2. The van der Waals surface area contributed by atoms with Crippen LogP contribution in [0.2, 0.25) is 0 Å². The normalized spacial score (nSPS) is 17.4. The van der Waals surface area contributed by atoms with Gasteiger partial charge in [0.15, 0.2) is 0 Å². The lowest BCUT2D eigenvalue weighted by molar-refractivity contribution is -0.128. The van der Waals surface area contributed by atoms with E-state index in [1.807, 2.05) is 19.0 Å². The standard InChI is InChI=1S/C21H28FN5O3S/c1-15(28)26(4)14-17-13-20(25(2)3)24-21(23-17)19-7-5-6-12-27(19)31(29,30)18-10-8-16(22)9-11-18/h8-11,13,19H,5-7,12,14H2,1-4H3. The number of rotatable bonds is 6. The quantitative estimate of drug-likeness (QED) is 0.674. The summed E-state index contributed by atoms with van der Waals surface area (Å²) < 4.78 is 41.4. The van der Waals surface area contributed by atoms with Crippen molar-refractivity contribution in [2.45, 2.75) is 43.7 Å². The number of carbonyl (C=O) groups excluding carboxylic acids is 1. The Labute approximate surface area is 182 Å². The lowest BCUT2D eigenvalue weighted by Crippen LogP contribution is -2.39. The minimum Gasteiger partial charge on any atom is -0.363 e. The van der Waals surface area contributed by atoms with Crippen molar-refractivity contribution in [3.63, 3.8) is 0 Å². The lowest BCUT2D eigenvalue weighted by Gasteiger charge is -2.34. The van der Waals surface area contributed by atoms with Crippen LogP contribution in [0.25, 0.3) is 0 Å². The van der Waals surface area contributed by atoms with Crippen LogP contribution in [0, 0.1) is 5.82 Å². The molecule has 168 valence electrons. The molecule has 1 saturated heterocycles. The van der Waals surface area contributed by atoms with E-state index in [-0.39, 0.29) is 10.8 Å². The van der Waals surface area contributed by atoms with E-state index in [9.17, 15) is 17.6 Å². The van der Waals surface area contributed by atoms with Crippen molar-refractivity contribution < 1.29 is 17.6 Å². The molecule has 10 heteroatoms. The molecule has 3 rings (SSSR count). The third-order valence-corrected chi connectivity index (χ3v) is 7.27. The summed E-state index contributed by atoms with van der Waals surface area (Å²) in [5.74, 6) is 0.463. The van der Waals surface area contributed by atoms with Gasteiger partial charge in [-0.1, -0.05) is 6.42 Å². The number of hydrogen-bond donors (Lipinski definition) is 0. The van der Waals surface area contributed by atoms with Gasteiger partial charge in [-0.15, -0.1) is 0 Å². The summed E-state index contributed by atoms with van der Waals surface area (Å²) in [4.78, 5) is 24.3. The Bertz CT molecular complexity index is 1040. The number of halogens is 1. The largest absolute Gasteiger partial charge is 0.363 e. The summed E-state index contributed by atoms with van der Waals surface area (Å²) in [5.41, 5.74) is 0.635. The van der Waals surface area contributed by atoms with Gasteiger partial charge in [-0.05, 0) is 37.1 Å². The average molecular weight is 450 g/mol. The van der Waals surface area contributed by atoms with Gasteiger partial charge < -0.3 is 9.80 Å². The van der Waals surface area contributed by atoms with Crippen molar-refractivity contribution in [1.82, 2.24) is 19.2 Å². The van der Waals surface area contributed by atoms with Gasteiger partial charge in [0.2, 0.25) is 15.9 Å². The SMILES string of the molecule is CC(=O)N(C)Cc1cc(N(C)C)nc(C2CCCCN2S(=O)(=O)c2ccc(F)cc2)n1. The number of hydrogen-bond acceptors (Lipinski definition) is 6. The molecule has 31 heavy (non-hydrogen) atoms. The highest BCUT2D eigenvalue weighted by molar-refractivity contribution is 7.89. The van der Waals surface area contributed by atoms with Crippen LogP contribution in [0.5, 0.6) is 0 Å². The number of amides is 1. The van der Waals surface area contributed by atoms with Crippen LogP contribution in [0.15, 0.2) is 35.2 Å². The molecule has 1 aromatic heterocycles. The van der Waals surface area contributed by atoms with Gasteiger partial charge in [-0.25, -0.2) is 22.8 Å². The van der Waals surface area contributed by atoms with Crippen molar-refractivity contribution in [2.24, 2.45) is 0 Å². The Balaban J connectivity index is 2.02. The molecule has 1 atom stereocenters. The molecule has 1 aliphatic heterocycles. The van der Waals surface area contributed by atoms with Crippen molar-refractivity contribution >= 4 is 21.7 Å². The monoisotopic (exact) mass is 449 g/mol. The first-order chi connectivity index (χ1) is 14.6. The van der Waals surface area contributed by atoms with E-state index in [1.165, 1.54) is 23.4 Å². The fourth-order valence-corrected chi connectivity index (χ4v) is 5.16. The average Bonchev–Trinajstić information content (AvgIpc) is 2.73. The fraction of sp³-hybridized carbons (Fsp3) is 0.476. The molecule has 0 aliphatic carbocycles. The van der Waals surface area contributed by atoms with Gasteiger partial charge in [0.1, 0.15) is 17.5 Å². The van der Waals surface area contributed by atoms with Gasteiger partial charge in [-0.3, -0.25) is 4.79 Å². The molecule has 1 unspecified atom stereocenters. The maximum atomic E-state index is 13.3. The minimum atomic E-state index is -3.85. The van der Waals surface area contributed by atoms with Gasteiger partial charge in [0.05, 0.1) is 23.2 Å². The molecule has 1 aliphatic rings. The summed E-state index contributed by atoms with van der Waals surface area (Å²) in [6.07, 6.45) is 2.15. The number of benzene rings is 1. The zero-order chi connectivity index (χ0) is 22.8. The van der Waals surface area contributed by atoms with Crippen LogP contribution in [0.3, 0.4) is 0 Å². The highest BCUT2D eigenvalue weighted by Crippen LogP contribution is 2.34. The van der Waals surface area contributed by atoms with Crippen LogP contribution >= 0.6 is 0 Å². The maximum absolute atomic E-state index is 13.3. The van der Waals surface area contributed by atoms with Gasteiger partial charge in [-0.2, -0.15) is 4.31 Å². The number of nitrogens with zero attached hydrogens (tertiary/aromatic N) is 5. The molecule has 0 radical (unpaired) electrons. The van der Waals surface area contributed by atoms with Crippen molar-refractivity contribution in [3.05, 3.63) is 47.7 Å². The van der Waals surface area contributed by atoms with Gasteiger partial charge in [0, 0.05) is 40.7 Å². The molecule has 0 N–H and O–H groups in total. The van der Waals surface area contributed by atoms with Crippen molar-refractivity contribution in [2.75, 3.05) is 32.6 Å². The van der Waals surface area contributed by atoms with E-state index in [0.717, 1.165) is 25.0 Å². The first-order valence-corrected chi connectivity index (χ1v) is 11.6. The van der Waals surface area contributed by atoms with E-state index >= 15 is 0 Å². The molecule has 2 heterocycles. The van der Waals surface area contributed by atoms with Crippen LogP contribution in [-0.4, -0.2) is 61.2 Å². The van der Waals surface area contributed by atoms with Gasteiger partial charge in [0.25, 0.3) is 0 Å². The number of sulfonamides is 1. The van der Waals surface area contributed by atoms with Crippen LogP contribution in [0.4, 0.5) is 10.2 Å². The van der Waals surface area contributed by atoms with E-state index in [0.29, 0.717) is 36.8 Å². The maximum Gasteiger partial charge on any atom is 0.243 e. The van der Waals surface area contributed by atoms with Crippen LogP contribution in [-0.2, 0) is 21.4 Å². The fourth-order valence-electron chi connectivity index (χ4n) is 3.51. The van der Waals surface area contributed by atoms with Crippen LogP contribution < -0.4 is 4.90 Å². The first-order valence-electron chi connectivity index (χ1n) is 10.1. The smallest absolute Gasteiger partial charge is 0.243 e. The van der Waals surface area contributed by atoms with Gasteiger partial charge >= 0.3 is 0 Å². The third kappa shape index (κ3) is 5.19. The number of carbonyl (C=O) groups is 1. The van der Waals surface area contributed by atoms with E-state index < -0.39 is 21.9 Å². The third-order valence-electron chi connectivity index (χ3n) is 5.35. The molecule has 1 amide bonds. The Morgan fingerprint density at radius 3 is 2.45 bits per heavy atom. The minimum absolute atomic E-state index is 0.0427. The molecule has 0 bridgehead atoms. The van der Waals surface area contributed by atoms with E-state index in [1.54, 1.807) is 18.0 Å². The molecule has 2 aromatic rings.